The molecule has 1 fully saturated rings. The molecule has 2 N–H and O–H groups in total. The minimum absolute atomic E-state index is 0.279. The average Bonchev–Trinajstić information content (AvgIpc) is 3.17. The van der Waals surface area contributed by atoms with E-state index in [-0.39, 0.29) is 5.56 Å². The Bertz CT molecular complexity index is 1090. The van der Waals surface area contributed by atoms with E-state index in [1.165, 1.54) is 11.3 Å². The van der Waals surface area contributed by atoms with Crippen molar-refractivity contribution in [2.75, 3.05) is 45.1 Å². The van der Waals surface area contributed by atoms with Crippen molar-refractivity contribution in [1.82, 2.24) is 19.8 Å². The molecule has 0 aliphatic carbocycles. The molecular formula is C22H26ClN5O2S. The zero-order valence-electron chi connectivity index (χ0n) is 17.6. The fourth-order valence-corrected chi connectivity index (χ4v) is 5.32. The summed E-state index contributed by atoms with van der Waals surface area (Å²) in [5.74, 6) is -0.414. The highest BCUT2D eigenvalue weighted by Crippen LogP contribution is 2.37. The summed E-state index contributed by atoms with van der Waals surface area (Å²) < 4.78 is 0.889. The van der Waals surface area contributed by atoms with E-state index in [1.807, 2.05) is 12.1 Å². The first-order chi connectivity index (χ1) is 14.9. The molecule has 1 aromatic carbocycles. The second kappa shape index (κ2) is 9.48. The van der Waals surface area contributed by atoms with Crippen molar-refractivity contribution in [2.24, 2.45) is 0 Å². The Balaban J connectivity index is 1.44. The topological polar surface area (TPSA) is 81.6 Å². The van der Waals surface area contributed by atoms with Crippen LogP contribution >= 0.6 is 22.9 Å². The van der Waals surface area contributed by atoms with Crippen molar-refractivity contribution >= 4 is 44.9 Å². The van der Waals surface area contributed by atoms with E-state index in [2.05, 4.69) is 39.1 Å². The van der Waals surface area contributed by atoms with Gasteiger partial charge >= 0.3 is 5.97 Å². The molecule has 4 rings (SSSR count). The van der Waals surface area contributed by atoms with E-state index in [0.717, 1.165) is 48.7 Å². The van der Waals surface area contributed by atoms with Gasteiger partial charge in [0.2, 0.25) is 5.95 Å². The number of fused-ring (bicyclic) bond motifs is 1. The van der Waals surface area contributed by atoms with Gasteiger partial charge in [-0.15, -0.1) is 11.3 Å². The number of carboxylic acids is 1. The van der Waals surface area contributed by atoms with Crippen molar-refractivity contribution in [3.05, 3.63) is 41.0 Å². The molecule has 2 aromatic heterocycles. The van der Waals surface area contributed by atoms with Crippen LogP contribution in [0.2, 0.25) is 5.02 Å². The highest BCUT2D eigenvalue weighted by molar-refractivity contribution is 7.22. The summed E-state index contributed by atoms with van der Waals surface area (Å²) in [5.41, 5.74) is 0.894. The van der Waals surface area contributed by atoms with Crippen LogP contribution in [0.25, 0.3) is 20.7 Å². The van der Waals surface area contributed by atoms with Gasteiger partial charge in [0.1, 0.15) is 5.69 Å². The van der Waals surface area contributed by atoms with Crippen molar-refractivity contribution in [1.29, 1.82) is 0 Å². The number of likely N-dealkylation sites (N-methyl/N-ethyl adjacent to an activating group) is 1. The maximum Gasteiger partial charge on any atom is 0.336 e. The third kappa shape index (κ3) is 4.98. The molecule has 3 aromatic rings. The van der Waals surface area contributed by atoms with E-state index < -0.39 is 5.97 Å². The Morgan fingerprint density at radius 3 is 3.00 bits per heavy atom. The van der Waals surface area contributed by atoms with Crippen LogP contribution in [0.15, 0.2) is 30.5 Å². The summed E-state index contributed by atoms with van der Waals surface area (Å²) in [7, 11) is 2.17. The molecule has 1 aliphatic rings. The molecule has 31 heavy (non-hydrogen) atoms. The minimum atomic E-state index is -0.944. The number of hydrogen-bond acceptors (Lipinski definition) is 7. The number of hydrogen-bond donors (Lipinski definition) is 2. The summed E-state index contributed by atoms with van der Waals surface area (Å²) in [6, 6.07) is 7.68. The van der Waals surface area contributed by atoms with E-state index in [9.17, 15) is 9.90 Å². The Hall–Kier alpha value is -2.26. The van der Waals surface area contributed by atoms with Crippen LogP contribution in [-0.2, 0) is 0 Å². The van der Waals surface area contributed by atoms with Gasteiger partial charge in [0.05, 0.1) is 21.7 Å². The summed E-state index contributed by atoms with van der Waals surface area (Å²) >= 11 is 7.85. The van der Waals surface area contributed by atoms with Crippen LogP contribution < -0.4 is 5.32 Å². The predicted octanol–water partition coefficient (Wildman–Crippen LogP) is 4.15. The van der Waals surface area contributed by atoms with Crippen LogP contribution in [0.3, 0.4) is 0 Å². The number of anilines is 1. The third-order valence-corrected chi connectivity index (χ3v) is 7.03. The number of carboxylic acid groups (broad SMARTS) is 1. The maximum absolute atomic E-state index is 11.5. The summed E-state index contributed by atoms with van der Waals surface area (Å²) in [5, 5.41) is 13.9. The second-order valence-electron chi connectivity index (χ2n) is 7.95. The zero-order valence-corrected chi connectivity index (χ0v) is 19.2. The van der Waals surface area contributed by atoms with E-state index >= 15 is 0 Å². The Morgan fingerprint density at radius 1 is 1.39 bits per heavy atom. The number of nitrogens with one attached hydrogen (secondary N) is 1. The molecule has 1 atom stereocenters. The molecule has 0 bridgehead atoms. The monoisotopic (exact) mass is 459 g/mol. The van der Waals surface area contributed by atoms with E-state index in [4.69, 9.17) is 11.6 Å². The third-order valence-electron chi connectivity index (χ3n) is 5.64. The minimum Gasteiger partial charge on any atom is -0.478 e. The lowest BCUT2D eigenvalue weighted by Gasteiger charge is -2.38. The molecule has 0 saturated carbocycles. The Kier molecular flexibility index (Phi) is 6.71. The highest BCUT2D eigenvalue weighted by atomic mass is 35.5. The fraction of sp³-hybridized carbons (Fsp3) is 0.409. The molecule has 9 heteroatoms. The van der Waals surface area contributed by atoms with Gasteiger partial charge in [0.15, 0.2) is 0 Å². The van der Waals surface area contributed by atoms with Gasteiger partial charge in [0.25, 0.3) is 0 Å². The second-order valence-corrected chi connectivity index (χ2v) is 9.44. The SMILES string of the molecule is C[C@H]1CN(C)CCN1CCCNc1ncc(Cl)c(-c2cc3c(C(=O)O)cccc3s2)n1. The first-order valence-electron chi connectivity index (χ1n) is 10.4. The first kappa shape index (κ1) is 22.0. The predicted molar refractivity (Wildman–Crippen MR) is 126 cm³/mol. The standard InChI is InChI=1S/C22H26ClN5O2S/c1-14-13-27(2)9-10-28(14)8-4-7-24-22-25-12-17(23)20(26-22)19-11-16-15(21(29)30)5-3-6-18(16)31-19/h3,5-6,11-12,14H,4,7-10,13H2,1-2H3,(H,29,30)(H,24,25,26)/t14-/m0/s1. The average molecular weight is 460 g/mol. The fourth-order valence-electron chi connectivity index (χ4n) is 3.98. The largest absolute Gasteiger partial charge is 0.478 e. The van der Waals surface area contributed by atoms with E-state index in [0.29, 0.717) is 28.1 Å². The molecule has 7 nitrogen and oxygen atoms in total. The molecule has 0 radical (unpaired) electrons. The molecule has 1 saturated heterocycles. The van der Waals surface area contributed by atoms with Gasteiger partial charge in [-0.2, -0.15) is 0 Å². The highest BCUT2D eigenvalue weighted by Gasteiger charge is 2.20. The van der Waals surface area contributed by atoms with Crippen molar-refractivity contribution in [3.8, 4) is 10.6 Å². The van der Waals surface area contributed by atoms with Gasteiger partial charge in [-0.1, -0.05) is 17.7 Å². The molecule has 0 amide bonds. The number of halogens is 1. The van der Waals surface area contributed by atoms with Crippen LogP contribution in [0, 0.1) is 0 Å². The number of aromatic nitrogens is 2. The lowest BCUT2D eigenvalue weighted by atomic mass is 10.1. The number of thiophene rings is 1. The summed E-state index contributed by atoms with van der Waals surface area (Å²) in [6.07, 6.45) is 2.59. The normalized spacial score (nSPS) is 17.8. The molecule has 1 aliphatic heterocycles. The number of rotatable bonds is 7. The van der Waals surface area contributed by atoms with Crippen LogP contribution in [0.5, 0.6) is 0 Å². The van der Waals surface area contributed by atoms with Gasteiger partial charge in [0, 0.05) is 48.9 Å². The van der Waals surface area contributed by atoms with E-state index in [1.54, 1.807) is 18.3 Å². The van der Waals surface area contributed by atoms with Crippen molar-refractivity contribution in [3.63, 3.8) is 0 Å². The smallest absolute Gasteiger partial charge is 0.336 e. The van der Waals surface area contributed by atoms with Crippen LogP contribution in [0.4, 0.5) is 5.95 Å². The lowest BCUT2D eigenvalue weighted by Crippen LogP contribution is -2.50. The number of piperazine rings is 1. The first-order valence-corrected chi connectivity index (χ1v) is 11.6. The zero-order chi connectivity index (χ0) is 22.0. The summed E-state index contributed by atoms with van der Waals surface area (Å²) in [4.78, 5) is 26.2. The van der Waals surface area contributed by atoms with Crippen LogP contribution in [0.1, 0.15) is 23.7 Å². The number of aromatic carboxylic acids is 1. The van der Waals surface area contributed by atoms with Gasteiger partial charge in [-0.05, 0) is 38.6 Å². The number of benzene rings is 1. The number of carbonyl (C=O) groups is 1. The molecule has 0 spiro atoms. The van der Waals surface area contributed by atoms with Gasteiger partial charge in [-0.25, -0.2) is 14.8 Å². The molecule has 0 unspecified atom stereocenters. The van der Waals surface area contributed by atoms with Gasteiger partial charge < -0.3 is 15.3 Å². The van der Waals surface area contributed by atoms with Gasteiger partial charge in [-0.3, -0.25) is 4.90 Å². The van der Waals surface area contributed by atoms with Crippen molar-refractivity contribution in [2.45, 2.75) is 19.4 Å². The summed E-state index contributed by atoms with van der Waals surface area (Å²) in [6.45, 7) is 7.41. The molecule has 3 heterocycles. The number of nitrogens with zero attached hydrogens (tertiary/aromatic N) is 4. The van der Waals surface area contributed by atoms with Crippen molar-refractivity contribution < 1.29 is 9.90 Å². The Labute approximate surface area is 190 Å². The lowest BCUT2D eigenvalue weighted by molar-refractivity contribution is 0.0699. The van der Waals surface area contributed by atoms with Crippen LogP contribution in [-0.4, -0.2) is 76.7 Å². The molecule has 164 valence electrons. The quantitative estimate of drug-likeness (QED) is 0.513. The maximum atomic E-state index is 11.5. The molecular weight excluding hydrogens is 434 g/mol. The Morgan fingerprint density at radius 2 is 2.23 bits per heavy atom.